The molecule has 0 aliphatic carbocycles. The third kappa shape index (κ3) is 4.96. The van der Waals surface area contributed by atoms with Crippen molar-refractivity contribution in [2.24, 2.45) is 0 Å². The molecule has 4 heteroatoms. The van der Waals surface area contributed by atoms with Gasteiger partial charge in [0.15, 0.2) is 0 Å². The molecule has 0 aliphatic heterocycles. The highest BCUT2D eigenvalue weighted by atomic mass is 35.5. The second kappa shape index (κ2) is 8.18. The first-order valence-corrected chi connectivity index (χ1v) is 8.15. The van der Waals surface area contributed by atoms with Crippen molar-refractivity contribution in [3.8, 4) is 11.5 Å². The van der Waals surface area contributed by atoms with E-state index in [1.165, 1.54) is 6.08 Å². The summed E-state index contributed by atoms with van der Waals surface area (Å²) in [5, 5.41) is 3.41. The van der Waals surface area contributed by atoms with Gasteiger partial charge in [0, 0.05) is 22.9 Å². The number of benzene rings is 3. The molecule has 3 nitrogen and oxygen atoms in total. The molecule has 0 atom stereocenters. The average molecular weight is 350 g/mol. The summed E-state index contributed by atoms with van der Waals surface area (Å²) in [7, 11) is 0. The molecule has 1 amide bonds. The second-order valence-electron chi connectivity index (χ2n) is 5.29. The summed E-state index contributed by atoms with van der Waals surface area (Å²) >= 11 is 6.07. The Morgan fingerprint density at radius 2 is 1.60 bits per heavy atom. The van der Waals surface area contributed by atoms with Crippen molar-refractivity contribution in [2.45, 2.75) is 0 Å². The first-order chi connectivity index (χ1) is 12.2. The number of carbonyl (C=O) groups excluding carboxylic acids is 1. The molecule has 0 fully saturated rings. The van der Waals surface area contributed by atoms with E-state index in [0.717, 1.165) is 11.3 Å². The maximum Gasteiger partial charge on any atom is 0.248 e. The van der Waals surface area contributed by atoms with E-state index < -0.39 is 0 Å². The van der Waals surface area contributed by atoms with Crippen LogP contribution in [0.4, 0.5) is 5.69 Å². The highest BCUT2D eigenvalue weighted by Crippen LogP contribution is 2.24. The van der Waals surface area contributed by atoms with Crippen LogP contribution in [0.25, 0.3) is 6.08 Å². The van der Waals surface area contributed by atoms with Crippen LogP contribution in [-0.4, -0.2) is 5.91 Å². The SMILES string of the molecule is O=C(C=Cc1ccccc1Cl)Nc1cccc(Oc2ccccc2)c1. The largest absolute Gasteiger partial charge is 0.457 e. The summed E-state index contributed by atoms with van der Waals surface area (Å²) in [6.07, 6.45) is 3.13. The van der Waals surface area contributed by atoms with Crippen LogP contribution in [-0.2, 0) is 4.79 Å². The zero-order valence-electron chi connectivity index (χ0n) is 13.4. The van der Waals surface area contributed by atoms with Crippen molar-refractivity contribution >= 4 is 29.3 Å². The Morgan fingerprint density at radius 1 is 0.880 bits per heavy atom. The molecular formula is C21H16ClNO2. The zero-order chi connectivity index (χ0) is 17.5. The highest BCUT2D eigenvalue weighted by Gasteiger charge is 2.02. The van der Waals surface area contributed by atoms with E-state index in [1.54, 1.807) is 24.3 Å². The third-order valence-corrected chi connectivity index (χ3v) is 3.74. The smallest absolute Gasteiger partial charge is 0.248 e. The monoisotopic (exact) mass is 349 g/mol. The summed E-state index contributed by atoms with van der Waals surface area (Å²) < 4.78 is 5.76. The van der Waals surface area contributed by atoms with E-state index in [2.05, 4.69) is 5.32 Å². The van der Waals surface area contributed by atoms with E-state index in [4.69, 9.17) is 16.3 Å². The van der Waals surface area contributed by atoms with Gasteiger partial charge in [0.05, 0.1) is 0 Å². The number of nitrogens with one attached hydrogen (secondary N) is 1. The quantitative estimate of drug-likeness (QED) is 0.592. The van der Waals surface area contributed by atoms with Gasteiger partial charge < -0.3 is 10.1 Å². The van der Waals surface area contributed by atoms with Crippen molar-refractivity contribution in [1.82, 2.24) is 0 Å². The third-order valence-electron chi connectivity index (χ3n) is 3.40. The topological polar surface area (TPSA) is 38.3 Å². The highest BCUT2D eigenvalue weighted by molar-refractivity contribution is 6.32. The number of carbonyl (C=O) groups is 1. The van der Waals surface area contributed by atoms with Crippen LogP contribution in [0.15, 0.2) is 84.9 Å². The zero-order valence-corrected chi connectivity index (χ0v) is 14.1. The molecule has 0 bridgehead atoms. The number of hydrogen-bond donors (Lipinski definition) is 1. The first kappa shape index (κ1) is 16.8. The lowest BCUT2D eigenvalue weighted by Gasteiger charge is -2.08. The number of anilines is 1. The number of ether oxygens (including phenoxy) is 1. The van der Waals surface area contributed by atoms with Crippen molar-refractivity contribution in [3.05, 3.63) is 95.5 Å². The Bertz CT molecular complexity index is 891. The maximum atomic E-state index is 12.1. The van der Waals surface area contributed by atoms with E-state index >= 15 is 0 Å². The molecule has 0 spiro atoms. The summed E-state index contributed by atoms with van der Waals surface area (Å²) in [5.74, 6) is 1.15. The minimum atomic E-state index is -0.239. The predicted molar refractivity (Wildman–Crippen MR) is 102 cm³/mol. The summed E-state index contributed by atoms with van der Waals surface area (Å²) in [6, 6.07) is 24.1. The van der Waals surface area contributed by atoms with Gasteiger partial charge in [-0.15, -0.1) is 0 Å². The van der Waals surface area contributed by atoms with E-state index in [-0.39, 0.29) is 5.91 Å². The molecule has 0 saturated heterocycles. The van der Waals surface area contributed by atoms with Crippen molar-refractivity contribution in [3.63, 3.8) is 0 Å². The number of rotatable bonds is 5. The summed E-state index contributed by atoms with van der Waals surface area (Å²) in [5.41, 5.74) is 1.45. The molecule has 0 aromatic heterocycles. The Balaban J connectivity index is 1.65. The molecule has 1 N–H and O–H groups in total. The fourth-order valence-corrected chi connectivity index (χ4v) is 2.42. The molecule has 3 aromatic carbocycles. The van der Waals surface area contributed by atoms with Gasteiger partial charge in [-0.2, -0.15) is 0 Å². The molecule has 124 valence electrons. The lowest BCUT2D eigenvalue weighted by Crippen LogP contribution is -2.07. The van der Waals surface area contributed by atoms with Crippen molar-refractivity contribution < 1.29 is 9.53 Å². The lowest BCUT2D eigenvalue weighted by molar-refractivity contribution is -0.111. The van der Waals surface area contributed by atoms with Crippen molar-refractivity contribution in [1.29, 1.82) is 0 Å². The normalized spacial score (nSPS) is 10.6. The van der Waals surface area contributed by atoms with Crippen LogP contribution in [0.1, 0.15) is 5.56 Å². The molecule has 0 saturated carbocycles. The van der Waals surface area contributed by atoms with Crippen LogP contribution >= 0.6 is 11.6 Å². The van der Waals surface area contributed by atoms with Crippen LogP contribution in [0, 0.1) is 0 Å². The van der Waals surface area contributed by atoms with Gasteiger partial charge in [0.25, 0.3) is 0 Å². The van der Waals surface area contributed by atoms with Gasteiger partial charge in [-0.1, -0.05) is 54.1 Å². The van der Waals surface area contributed by atoms with E-state index in [0.29, 0.717) is 16.5 Å². The number of amides is 1. The Labute approximate surface area is 151 Å². The molecule has 0 heterocycles. The van der Waals surface area contributed by atoms with Crippen LogP contribution in [0.3, 0.4) is 0 Å². The van der Waals surface area contributed by atoms with Crippen LogP contribution < -0.4 is 10.1 Å². The van der Waals surface area contributed by atoms with E-state index in [1.807, 2.05) is 60.7 Å². The predicted octanol–water partition coefficient (Wildman–Crippen LogP) is 5.78. The van der Waals surface area contributed by atoms with Gasteiger partial charge >= 0.3 is 0 Å². The van der Waals surface area contributed by atoms with Crippen LogP contribution in [0.2, 0.25) is 5.02 Å². The minimum Gasteiger partial charge on any atom is -0.457 e. The van der Waals surface area contributed by atoms with Crippen molar-refractivity contribution in [2.75, 3.05) is 5.32 Å². The summed E-state index contributed by atoms with van der Waals surface area (Å²) in [4.78, 5) is 12.1. The first-order valence-electron chi connectivity index (χ1n) is 7.77. The Hall–Kier alpha value is -3.04. The van der Waals surface area contributed by atoms with Gasteiger partial charge in [-0.3, -0.25) is 4.79 Å². The molecule has 3 rings (SSSR count). The molecule has 0 unspecified atom stereocenters. The van der Waals surface area contributed by atoms with Gasteiger partial charge in [0.2, 0.25) is 5.91 Å². The Morgan fingerprint density at radius 3 is 2.40 bits per heavy atom. The Kier molecular flexibility index (Phi) is 5.50. The number of halogens is 1. The molecule has 3 aromatic rings. The number of para-hydroxylation sites is 1. The maximum absolute atomic E-state index is 12.1. The molecule has 25 heavy (non-hydrogen) atoms. The second-order valence-corrected chi connectivity index (χ2v) is 5.69. The average Bonchev–Trinajstić information content (AvgIpc) is 2.62. The molecule has 0 radical (unpaired) electrons. The summed E-state index contributed by atoms with van der Waals surface area (Å²) in [6.45, 7) is 0. The number of hydrogen-bond acceptors (Lipinski definition) is 2. The standard InChI is InChI=1S/C21H16ClNO2/c22-20-12-5-4-7-16(20)13-14-21(24)23-17-8-6-11-19(15-17)25-18-9-2-1-3-10-18/h1-15H,(H,23,24). The fraction of sp³-hybridized carbons (Fsp3) is 0. The van der Waals surface area contributed by atoms with Gasteiger partial charge in [-0.05, 0) is 42.0 Å². The minimum absolute atomic E-state index is 0.239. The van der Waals surface area contributed by atoms with Gasteiger partial charge in [-0.25, -0.2) is 0 Å². The fourth-order valence-electron chi connectivity index (χ4n) is 2.22. The molecule has 0 aliphatic rings. The lowest BCUT2D eigenvalue weighted by atomic mass is 10.2. The van der Waals surface area contributed by atoms with Crippen LogP contribution in [0.5, 0.6) is 11.5 Å². The van der Waals surface area contributed by atoms with Gasteiger partial charge in [0.1, 0.15) is 11.5 Å². The van der Waals surface area contributed by atoms with E-state index in [9.17, 15) is 4.79 Å². The molecular weight excluding hydrogens is 334 g/mol.